The molecule has 0 atom stereocenters. The van der Waals surface area contributed by atoms with Crippen LogP contribution in [0.3, 0.4) is 0 Å². The predicted octanol–water partition coefficient (Wildman–Crippen LogP) is 9.74. The van der Waals surface area contributed by atoms with Crippen LogP contribution in [0.15, 0.2) is 42.2 Å². The zero-order valence-corrected chi connectivity index (χ0v) is 22.6. The molecule has 0 aliphatic heterocycles. The van der Waals surface area contributed by atoms with Gasteiger partial charge in [-0.3, -0.25) is 4.79 Å². The van der Waals surface area contributed by atoms with Crippen molar-refractivity contribution in [3.05, 3.63) is 75.5 Å². The van der Waals surface area contributed by atoms with Gasteiger partial charge in [0.1, 0.15) is 0 Å². The number of aliphatic hydroxyl groups excluding tert-OH is 1. The predicted molar refractivity (Wildman–Crippen MR) is 147 cm³/mol. The first-order chi connectivity index (χ1) is 16.4. The molecule has 0 saturated heterocycles. The highest BCUT2D eigenvalue weighted by Gasteiger charge is 2.25. The molecule has 0 bridgehead atoms. The van der Waals surface area contributed by atoms with Crippen LogP contribution in [0.25, 0.3) is 6.08 Å². The molecule has 0 spiro atoms. The number of Topliss-reactive ketones (excluding diaryl/α,β-unsaturated/α-hetero) is 1. The van der Waals surface area contributed by atoms with E-state index in [2.05, 4.69) is 72.7 Å². The molecule has 0 unspecified atom stereocenters. The van der Waals surface area contributed by atoms with E-state index >= 15 is 0 Å². The first-order valence-corrected chi connectivity index (χ1v) is 13.6. The summed E-state index contributed by atoms with van der Waals surface area (Å²) in [5, 5.41) is 11.1. The highest BCUT2D eigenvalue weighted by Crippen LogP contribution is 2.37. The molecule has 1 N–H and O–H groups in total. The summed E-state index contributed by atoms with van der Waals surface area (Å²) in [6, 6.07) is 12.6. The molecular weight excluding hydrogens is 416 g/mol. The highest BCUT2D eigenvalue weighted by molar-refractivity contribution is 6.10. The van der Waals surface area contributed by atoms with Gasteiger partial charge in [-0.15, -0.1) is 0 Å². The Morgan fingerprint density at radius 2 is 1.32 bits per heavy atom. The SMILES string of the molecule is CCc1ccc(C(CC)CC)c(C=C(O)C(=O)c2cccc(C(CC)CC)c2C(CC)CC)c1. The molecule has 2 nitrogen and oxygen atoms in total. The van der Waals surface area contributed by atoms with Crippen molar-refractivity contribution >= 4 is 11.9 Å². The lowest BCUT2D eigenvalue weighted by Crippen LogP contribution is -2.14. The average molecular weight is 463 g/mol. The summed E-state index contributed by atoms with van der Waals surface area (Å²) >= 11 is 0. The molecule has 2 rings (SSSR count). The van der Waals surface area contributed by atoms with Gasteiger partial charge in [-0.05, 0) is 96.6 Å². The van der Waals surface area contributed by atoms with Crippen LogP contribution < -0.4 is 0 Å². The summed E-state index contributed by atoms with van der Waals surface area (Å²) < 4.78 is 0. The van der Waals surface area contributed by atoms with E-state index in [9.17, 15) is 9.90 Å². The van der Waals surface area contributed by atoms with Crippen molar-refractivity contribution in [1.29, 1.82) is 0 Å². The number of benzene rings is 2. The van der Waals surface area contributed by atoms with Gasteiger partial charge in [0.15, 0.2) is 5.76 Å². The maximum absolute atomic E-state index is 13.7. The molecule has 0 heterocycles. The minimum absolute atomic E-state index is 0.158. The Morgan fingerprint density at radius 3 is 1.85 bits per heavy atom. The van der Waals surface area contributed by atoms with Crippen LogP contribution in [0, 0.1) is 0 Å². The molecule has 0 radical (unpaired) electrons. The standard InChI is InChI=1S/C32H46O2/c1-8-22-18-19-27(23(9-2)10-3)26(20-22)21-30(33)32(34)29-17-15-16-28(24(11-4)12-5)31(29)25(13-6)14-7/h15-21,23-25,33H,8-14H2,1-7H3. The van der Waals surface area contributed by atoms with Crippen molar-refractivity contribution in [2.24, 2.45) is 0 Å². The van der Waals surface area contributed by atoms with Gasteiger partial charge in [0, 0.05) is 5.56 Å². The first kappa shape index (κ1) is 27.9. The second kappa shape index (κ2) is 13.5. The minimum atomic E-state index is -0.257. The smallest absolute Gasteiger partial charge is 0.227 e. The van der Waals surface area contributed by atoms with Crippen molar-refractivity contribution in [3.63, 3.8) is 0 Å². The monoisotopic (exact) mass is 462 g/mol. The van der Waals surface area contributed by atoms with Crippen LogP contribution in [0.2, 0.25) is 0 Å². The molecule has 0 aliphatic rings. The normalized spacial score (nSPS) is 12.2. The lowest BCUT2D eigenvalue weighted by atomic mass is 9.79. The minimum Gasteiger partial charge on any atom is -0.504 e. The van der Waals surface area contributed by atoms with E-state index in [1.54, 1.807) is 6.08 Å². The fraction of sp³-hybridized carbons (Fsp3) is 0.531. The zero-order chi connectivity index (χ0) is 25.3. The topological polar surface area (TPSA) is 37.3 Å². The molecular formula is C32H46O2. The second-order valence-electron chi connectivity index (χ2n) is 9.52. The quantitative estimate of drug-likeness (QED) is 0.183. The van der Waals surface area contributed by atoms with Gasteiger partial charge in [0.25, 0.3) is 0 Å². The van der Waals surface area contributed by atoms with E-state index in [1.807, 2.05) is 12.1 Å². The third kappa shape index (κ3) is 6.20. The second-order valence-corrected chi connectivity index (χ2v) is 9.52. The van der Waals surface area contributed by atoms with E-state index in [4.69, 9.17) is 0 Å². The Balaban J connectivity index is 2.65. The van der Waals surface area contributed by atoms with Gasteiger partial charge in [-0.1, -0.05) is 84.9 Å². The third-order valence-corrected chi connectivity index (χ3v) is 7.71. The number of carbonyl (C=O) groups is 1. The van der Waals surface area contributed by atoms with Crippen molar-refractivity contribution in [2.75, 3.05) is 0 Å². The summed E-state index contributed by atoms with van der Waals surface area (Å²) in [4.78, 5) is 13.7. The van der Waals surface area contributed by atoms with Crippen LogP contribution >= 0.6 is 0 Å². The molecule has 2 aromatic rings. The number of hydrogen-bond donors (Lipinski definition) is 1. The molecule has 2 heteroatoms. The van der Waals surface area contributed by atoms with E-state index < -0.39 is 0 Å². The van der Waals surface area contributed by atoms with E-state index in [0.717, 1.165) is 56.1 Å². The summed E-state index contributed by atoms with van der Waals surface area (Å²) in [6.07, 6.45) is 8.77. The van der Waals surface area contributed by atoms with Crippen LogP contribution in [0.4, 0.5) is 0 Å². The Labute approximate surface area is 208 Å². The van der Waals surface area contributed by atoms with Gasteiger partial charge < -0.3 is 5.11 Å². The van der Waals surface area contributed by atoms with Gasteiger partial charge >= 0.3 is 0 Å². The van der Waals surface area contributed by atoms with Gasteiger partial charge in [-0.2, -0.15) is 0 Å². The number of allylic oxidation sites excluding steroid dienone is 1. The first-order valence-electron chi connectivity index (χ1n) is 13.6. The number of carbonyl (C=O) groups excluding carboxylic acids is 1. The average Bonchev–Trinajstić information content (AvgIpc) is 2.87. The number of aryl methyl sites for hydroxylation is 1. The van der Waals surface area contributed by atoms with Gasteiger partial charge in [-0.25, -0.2) is 0 Å². The van der Waals surface area contributed by atoms with Gasteiger partial charge in [0.05, 0.1) is 0 Å². The maximum atomic E-state index is 13.7. The van der Waals surface area contributed by atoms with E-state index in [0.29, 0.717) is 23.3 Å². The molecule has 0 saturated carbocycles. The Morgan fingerprint density at radius 1 is 0.765 bits per heavy atom. The van der Waals surface area contributed by atoms with Crippen molar-refractivity contribution in [3.8, 4) is 0 Å². The molecule has 0 fully saturated rings. The summed E-state index contributed by atoms with van der Waals surface area (Å²) in [5.41, 5.74) is 6.50. The number of aliphatic hydroxyl groups is 1. The molecule has 186 valence electrons. The van der Waals surface area contributed by atoms with Gasteiger partial charge in [0.2, 0.25) is 5.78 Å². The van der Waals surface area contributed by atoms with Crippen LogP contribution in [-0.4, -0.2) is 10.9 Å². The number of ketones is 1. The number of hydrogen-bond acceptors (Lipinski definition) is 2. The Kier molecular flexibility index (Phi) is 11.1. The summed E-state index contributed by atoms with van der Waals surface area (Å²) in [5.74, 6) is 0.740. The molecule has 0 amide bonds. The molecule has 0 aromatic heterocycles. The van der Waals surface area contributed by atoms with Crippen LogP contribution in [0.5, 0.6) is 0 Å². The number of rotatable bonds is 13. The maximum Gasteiger partial charge on any atom is 0.227 e. The van der Waals surface area contributed by atoms with E-state index in [1.165, 1.54) is 16.7 Å². The largest absolute Gasteiger partial charge is 0.504 e. The summed E-state index contributed by atoms with van der Waals surface area (Å²) in [7, 11) is 0. The molecule has 0 aliphatic carbocycles. The fourth-order valence-electron chi connectivity index (χ4n) is 5.44. The zero-order valence-electron chi connectivity index (χ0n) is 22.6. The third-order valence-electron chi connectivity index (χ3n) is 7.71. The highest BCUT2D eigenvalue weighted by atomic mass is 16.3. The lowest BCUT2D eigenvalue weighted by molar-refractivity contribution is 0.0978. The Hall–Kier alpha value is -2.35. The van der Waals surface area contributed by atoms with Crippen molar-refractivity contribution in [1.82, 2.24) is 0 Å². The summed E-state index contributed by atoms with van der Waals surface area (Å²) in [6.45, 7) is 15.4. The lowest BCUT2D eigenvalue weighted by Gasteiger charge is -2.25. The van der Waals surface area contributed by atoms with Crippen LogP contribution in [-0.2, 0) is 6.42 Å². The van der Waals surface area contributed by atoms with E-state index in [-0.39, 0.29) is 11.5 Å². The molecule has 34 heavy (non-hydrogen) atoms. The fourth-order valence-corrected chi connectivity index (χ4v) is 5.44. The Bertz CT molecular complexity index is 957. The molecule has 2 aromatic carbocycles. The van der Waals surface area contributed by atoms with Crippen molar-refractivity contribution < 1.29 is 9.90 Å². The van der Waals surface area contributed by atoms with Crippen LogP contribution in [0.1, 0.15) is 143 Å². The van der Waals surface area contributed by atoms with Crippen molar-refractivity contribution in [2.45, 2.75) is 111 Å².